The van der Waals surface area contributed by atoms with Gasteiger partial charge in [-0.3, -0.25) is 4.79 Å². The van der Waals surface area contributed by atoms with E-state index in [0.29, 0.717) is 5.57 Å². The number of benzene rings is 1. The van der Waals surface area contributed by atoms with Gasteiger partial charge in [-0.2, -0.15) is 12.8 Å². The molecule has 0 fully saturated rings. The van der Waals surface area contributed by atoms with E-state index in [1.807, 2.05) is 13.8 Å². The van der Waals surface area contributed by atoms with Crippen LogP contribution in [0, 0.1) is 5.92 Å². The van der Waals surface area contributed by atoms with Gasteiger partial charge < -0.3 is 0 Å². The molecule has 0 bridgehead atoms. The van der Waals surface area contributed by atoms with E-state index in [1.165, 1.54) is 25.1 Å². The maximum absolute atomic E-state index is 12.5. The Morgan fingerprint density at radius 1 is 1.22 bits per heavy atom. The van der Waals surface area contributed by atoms with Gasteiger partial charge in [0.1, 0.15) is 10.3 Å². The number of nitrogens with zero attached hydrogens (tertiary/aromatic N) is 1. The minimum Gasteiger partial charge on any atom is -0.293 e. The molecule has 0 saturated carbocycles. The zero-order valence-electron chi connectivity index (χ0n) is 13.0. The van der Waals surface area contributed by atoms with E-state index < -0.39 is 20.3 Å². The molecule has 0 heterocycles. The topological polar surface area (TPSA) is 63.6 Å². The lowest BCUT2D eigenvalue weighted by Gasteiger charge is -2.32. The number of hydrogen-bond donors (Lipinski definition) is 0. The molecule has 1 aliphatic carbocycles. The third-order valence-electron chi connectivity index (χ3n) is 3.66. The second-order valence-electron chi connectivity index (χ2n) is 5.82. The van der Waals surface area contributed by atoms with E-state index in [9.17, 15) is 13.2 Å². The Kier molecular flexibility index (Phi) is 5.04. The van der Waals surface area contributed by atoms with Crippen LogP contribution in [0.1, 0.15) is 20.8 Å². The van der Waals surface area contributed by atoms with Crippen LogP contribution in [0.3, 0.4) is 0 Å². The Hall–Kier alpha value is -1.17. The molecule has 1 aromatic carbocycles. The minimum atomic E-state index is -3.93. The number of carbonyl (C=O) groups is 1. The smallest absolute Gasteiger partial charge is 0.282 e. The van der Waals surface area contributed by atoms with E-state index in [2.05, 4.69) is 4.40 Å². The lowest BCUT2D eigenvalue weighted by atomic mass is 9.82. The van der Waals surface area contributed by atoms with Crippen LogP contribution >= 0.6 is 23.2 Å². The van der Waals surface area contributed by atoms with Crippen molar-refractivity contribution in [2.24, 2.45) is 10.3 Å². The van der Waals surface area contributed by atoms with Gasteiger partial charge in [0.15, 0.2) is 5.78 Å². The molecule has 0 saturated heterocycles. The Balaban J connectivity index is 2.63. The molecule has 0 spiro atoms. The first kappa shape index (κ1) is 18.2. The Labute approximate surface area is 146 Å². The molecule has 0 amide bonds. The number of rotatable bonds is 3. The zero-order chi connectivity index (χ0) is 17.4. The number of carbonyl (C=O) groups excluding carboxylic acids is 1. The molecular formula is C16H17Cl2NO3S. The highest BCUT2D eigenvalue weighted by Crippen LogP contribution is 2.36. The summed E-state index contributed by atoms with van der Waals surface area (Å²) in [5.41, 5.74) is 0.621. The fourth-order valence-corrected chi connectivity index (χ4v) is 3.79. The van der Waals surface area contributed by atoms with Crippen LogP contribution < -0.4 is 0 Å². The highest BCUT2D eigenvalue weighted by molar-refractivity contribution is 7.90. The van der Waals surface area contributed by atoms with Crippen LogP contribution in [-0.2, 0) is 14.8 Å². The molecule has 0 N–H and O–H groups in total. The molecule has 7 heteroatoms. The number of halogens is 2. The van der Waals surface area contributed by atoms with E-state index in [-0.39, 0.29) is 22.3 Å². The first-order chi connectivity index (χ1) is 10.6. The van der Waals surface area contributed by atoms with Gasteiger partial charge >= 0.3 is 0 Å². The van der Waals surface area contributed by atoms with E-state index in [4.69, 9.17) is 23.2 Å². The SMILES string of the molecule is CC(C)C1=CC(=O)[C@@](C)(Cl)[C@H](Cl)C1=NS(=O)(=O)c1ccccc1. The van der Waals surface area contributed by atoms with Crippen molar-refractivity contribution < 1.29 is 13.2 Å². The van der Waals surface area contributed by atoms with E-state index in [0.717, 1.165) is 0 Å². The highest BCUT2D eigenvalue weighted by atomic mass is 35.5. The van der Waals surface area contributed by atoms with Crippen molar-refractivity contribution in [3.8, 4) is 0 Å². The average Bonchev–Trinajstić information content (AvgIpc) is 2.49. The van der Waals surface area contributed by atoms with Crippen LogP contribution in [0.15, 0.2) is 51.3 Å². The van der Waals surface area contributed by atoms with Crippen LogP contribution in [0.5, 0.6) is 0 Å². The number of sulfonamides is 1. The molecule has 0 radical (unpaired) electrons. The molecular weight excluding hydrogens is 357 g/mol. The molecule has 0 aromatic heterocycles. The minimum absolute atomic E-state index is 0.0626. The van der Waals surface area contributed by atoms with Gasteiger partial charge in [-0.25, -0.2) is 0 Å². The molecule has 0 aliphatic heterocycles. The fraction of sp³-hybridized carbons (Fsp3) is 0.375. The maximum atomic E-state index is 12.5. The summed E-state index contributed by atoms with van der Waals surface area (Å²) in [5, 5.41) is -1.03. The van der Waals surface area contributed by atoms with Crippen molar-refractivity contribution in [3.63, 3.8) is 0 Å². The molecule has 1 aliphatic rings. The quantitative estimate of drug-likeness (QED) is 0.760. The van der Waals surface area contributed by atoms with Gasteiger partial charge in [0.05, 0.1) is 10.6 Å². The van der Waals surface area contributed by atoms with Crippen molar-refractivity contribution >= 4 is 44.7 Å². The molecule has 0 unspecified atom stereocenters. The summed E-state index contributed by atoms with van der Waals surface area (Å²) < 4.78 is 28.9. The first-order valence-electron chi connectivity index (χ1n) is 7.06. The van der Waals surface area contributed by atoms with E-state index in [1.54, 1.807) is 18.2 Å². The predicted octanol–water partition coefficient (Wildman–Crippen LogP) is 3.59. The Bertz CT molecular complexity index is 781. The Morgan fingerprint density at radius 3 is 2.30 bits per heavy atom. The molecule has 2 rings (SSSR count). The number of allylic oxidation sites excluding steroid dienone is 2. The van der Waals surface area contributed by atoms with Gasteiger partial charge in [0, 0.05) is 0 Å². The van der Waals surface area contributed by atoms with Crippen molar-refractivity contribution in [2.45, 2.75) is 35.9 Å². The van der Waals surface area contributed by atoms with Crippen molar-refractivity contribution in [2.75, 3.05) is 0 Å². The molecule has 23 heavy (non-hydrogen) atoms. The third kappa shape index (κ3) is 3.52. The zero-order valence-corrected chi connectivity index (χ0v) is 15.3. The Morgan fingerprint density at radius 2 is 1.78 bits per heavy atom. The van der Waals surface area contributed by atoms with Crippen LogP contribution in [-0.4, -0.2) is 30.2 Å². The highest BCUT2D eigenvalue weighted by Gasteiger charge is 2.46. The lowest BCUT2D eigenvalue weighted by molar-refractivity contribution is -0.116. The monoisotopic (exact) mass is 373 g/mol. The number of hydrogen-bond acceptors (Lipinski definition) is 3. The number of ketones is 1. The van der Waals surface area contributed by atoms with Crippen LogP contribution in [0.25, 0.3) is 0 Å². The normalized spacial score (nSPS) is 27.4. The first-order valence-corrected chi connectivity index (χ1v) is 9.32. The third-order valence-corrected chi connectivity index (χ3v) is 6.13. The van der Waals surface area contributed by atoms with Crippen molar-refractivity contribution in [1.29, 1.82) is 0 Å². The molecule has 4 nitrogen and oxygen atoms in total. The van der Waals surface area contributed by atoms with Gasteiger partial charge in [0.25, 0.3) is 10.0 Å². The predicted molar refractivity (Wildman–Crippen MR) is 92.9 cm³/mol. The van der Waals surface area contributed by atoms with Gasteiger partial charge in [-0.1, -0.05) is 32.0 Å². The summed E-state index contributed by atoms with van der Waals surface area (Å²) >= 11 is 12.5. The van der Waals surface area contributed by atoms with Gasteiger partial charge in [-0.05, 0) is 36.6 Å². The maximum Gasteiger partial charge on any atom is 0.282 e. The van der Waals surface area contributed by atoms with Crippen LogP contribution in [0.4, 0.5) is 0 Å². The van der Waals surface area contributed by atoms with Gasteiger partial charge in [-0.15, -0.1) is 23.2 Å². The summed E-state index contributed by atoms with van der Waals surface area (Å²) in [5.74, 6) is -0.461. The van der Waals surface area contributed by atoms with Crippen molar-refractivity contribution in [3.05, 3.63) is 42.0 Å². The average molecular weight is 374 g/mol. The van der Waals surface area contributed by atoms with E-state index >= 15 is 0 Å². The molecule has 124 valence electrons. The lowest BCUT2D eigenvalue weighted by Crippen LogP contribution is -2.47. The summed E-state index contributed by atoms with van der Waals surface area (Å²) in [6.45, 7) is 5.14. The van der Waals surface area contributed by atoms with Crippen molar-refractivity contribution in [1.82, 2.24) is 0 Å². The fourth-order valence-electron chi connectivity index (χ4n) is 2.22. The number of alkyl halides is 2. The summed E-state index contributed by atoms with van der Waals surface area (Å²) in [6, 6.07) is 7.84. The van der Waals surface area contributed by atoms with Gasteiger partial charge in [0.2, 0.25) is 0 Å². The van der Waals surface area contributed by atoms with Crippen LogP contribution in [0.2, 0.25) is 0 Å². The second kappa shape index (κ2) is 6.38. The standard InChI is InChI=1S/C16H17Cl2NO3S/c1-10(2)12-9-13(20)16(3,18)15(17)14(12)19-23(21,22)11-7-5-4-6-8-11/h4-10,15H,1-3H3/t15-,16-/m1/s1. The summed E-state index contributed by atoms with van der Waals surface area (Å²) in [6.07, 6.45) is 1.34. The molecule has 2 atom stereocenters. The summed E-state index contributed by atoms with van der Waals surface area (Å²) in [7, 11) is -3.93. The largest absolute Gasteiger partial charge is 0.293 e. The molecule has 1 aromatic rings. The second-order valence-corrected chi connectivity index (χ2v) is 8.65. The summed E-state index contributed by atoms with van der Waals surface area (Å²) in [4.78, 5) is 10.8.